The first-order chi connectivity index (χ1) is 4.25. The van der Waals surface area contributed by atoms with Crippen molar-refractivity contribution in [3.8, 4) is 0 Å². The van der Waals surface area contributed by atoms with Crippen molar-refractivity contribution >= 4 is 0 Å². The smallest absolute Gasteiger partial charge is 0.0208 e. The summed E-state index contributed by atoms with van der Waals surface area (Å²) in [7, 11) is 0. The maximum absolute atomic E-state index is 3.83. The summed E-state index contributed by atoms with van der Waals surface area (Å²) in [6, 6.07) is 0. The molecule has 1 rings (SSSR count). The standard InChI is InChI=1S/C9H16/c1-4-9-6-5-7(2)8(9)3/h4,7-9H,1,5-6H2,2-3H3/t7?,8-,9-/m1/s1. The van der Waals surface area contributed by atoms with Crippen molar-refractivity contribution in [3.05, 3.63) is 12.7 Å². The minimum absolute atomic E-state index is 0.806. The molecule has 0 heteroatoms. The van der Waals surface area contributed by atoms with Crippen molar-refractivity contribution in [3.63, 3.8) is 0 Å². The normalized spacial score (nSPS) is 43.1. The van der Waals surface area contributed by atoms with Gasteiger partial charge in [0.25, 0.3) is 0 Å². The average Bonchev–Trinajstić information content (AvgIpc) is 2.15. The highest BCUT2D eigenvalue weighted by molar-refractivity contribution is 4.90. The highest BCUT2D eigenvalue weighted by Crippen LogP contribution is 2.36. The Bertz CT molecular complexity index is 105. The van der Waals surface area contributed by atoms with Gasteiger partial charge in [0.15, 0.2) is 0 Å². The molecule has 0 aromatic heterocycles. The van der Waals surface area contributed by atoms with Gasteiger partial charge in [0.1, 0.15) is 0 Å². The largest absolute Gasteiger partial charge is 0.103 e. The Hall–Kier alpha value is -0.260. The van der Waals surface area contributed by atoms with Crippen molar-refractivity contribution in [1.29, 1.82) is 0 Å². The molecule has 9 heavy (non-hydrogen) atoms. The van der Waals surface area contributed by atoms with Crippen molar-refractivity contribution in [2.75, 3.05) is 0 Å². The molecule has 52 valence electrons. The fourth-order valence-corrected chi connectivity index (χ4v) is 1.74. The lowest BCUT2D eigenvalue weighted by molar-refractivity contribution is 0.407. The summed E-state index contributed by atoms with van der Waals surface area (Å²) in [5.74, 6) is 2.61. The quantitative estimate of drug-likeness (QED) is 0.471. The zero-order valence-corrected chi connectivity index (χ0v) is 6.43. The summed E-state index contributed by atoms with van der Waals surface area (Å²) in [6.07, 6.45) is 4.89. The first kappa shape index (κ1) is 6.85. The van der Waals surface area contributed by atoms with Crippen LogP contribution in [0.4, 0.5) is 0 Å². The summed E-state index contributed by atoms with van der Waals surface area (Å²) in [5.41, 5.74) is 0. The van der Waals surface area contributed by atoms with E-state index in [1.165, 1.54) is 12.8 Å². The first-order valence-electron chi connectivity index (χ1n) is 3.88. The lowest BCUT2D eigenvalue weighted by Crippen LogP contribution is -2.05. The molecule has 1 aliphatic carbocycles. The zero-order valence-electron chi connectivity index (χ0n) is 6.43. The summed E-state index contributed by atoms with van der Waals surface area (Å²) >= 11 is 0. The fraction of sp³-hybridized carbons (Fsp3) is 0.778. The van der Waals surface area contributed by atoms with Gasteiger partial charge in [-0.2, -0.15) is 0 Å². The van der Waals surface area contributed by atoms with Crippen LogP contribution in [0, 0.1) is 17.8 Å². The van der Waals surface area contributed by atoms with Crippen molar-refractivity contribution in [1.82, 2.24) is 0 Å². The van der Waals surface area contributed by atoms with E-state index in [9.17, 15) is 0 Å². The van der Waals surface area contributed by atoms with Crippen LogP contribution in [-0.2, 0) is 0 Å². The van der Waals surface area contributed by atoms with E-state index < -0.39 is 0 Å². The molecule has 0 saturated heterocycles. The van der Waals surface area contributed by atoms with Crippen LogP contribution in [-0.4, -0.2) is 0 Å². The van der Waals surface area contributed by atoms with Crippen molar-refractivity contribution in [2.45, 2.75) is 26.7 Å². The molecule has 1 saturated carbocycles. The van der Waals surface area contributed by atoms with E-state index >= 15 is 0 Å². The van der Waals surface area contributed by atoms with Gasteiger partial charge in [-0.25, -0.2) is 0 Å². The Morgan fingerprint density at radius 2 is 2.00 bits per heavy atom. The van der Waals surface area contributed by atoms with E-state index in [1.54, 1.807) is 0 Å². The number of hydrogen-bond donors (Lipinski definition) is 0. The van der Waals surface area contributed by atoms with E-state index in [0.717, 1.165) is 17.8 Å². The zero-order chi connectivity index (χ0) is 6.85. The fourth-order valence-electron chi connectivity index (χ4n) is 1.74. The van der Waals surface area contributed by atoms with Gasteiger partial charge in [-0.1, -0.05) is 19.9 Å². The van der Waals surface area contributed by atoms with Crippen LogP contribution in [0.5, 0.6) is 0 Å². The lowest BCUT2D eigenvalue weighted by Gasteiger charge is -2.12. The van der Waals surface area contributed by atoms with E-state index in [0.29, 0.717) is 0 Å². The Kier molecular flexibility index (Phi) is 1.94. The third-order valence-corrected chi connectivity index (χ3v) is 2.83. The van der Waals surface area contributed by atoms with Crippen LogP contribution < -0.4 is 0 Å². The minimum Gasteiger partial charge on any atom is -0.103 e. The van der Waals surface area contributed by atoms with Crippen LogP contribution in [0.2, 0.25) is 0 Å². The Morgan fingerprint density at radius 3 is 2.22 bits per heavy atom. The number of rotatable bonds is 1. The molecule has 1 aliphatic rings. The lowest BCUT2D eigenvalue weighted by atomic mass is 9.93. The predicted molar refractivity (Wildman–Crippen MR) is 41.2 cm³/mol. The molecule has 1 unspecified atom stereocenters. The number of hydrogen-bond acceptors (Lipinski definition) is 0. The molecular formula is C9H16. The first-order valence-corrected chi connectivity index (χ1v) is 3.88. The molecule has 0 spiro atoms. The van der Waals surface area contributed by atoms with Gasteiger partial charge in [-0.3, -0.25) is 0 Å². The molecule has 0 aliphatic heterocycles. The molecule has 0 amide bonds. The molecule has 0 aromatic carbocycles. The van der Waals surface area contributed by atoms with Gasteiger partial charge in [0.2, 0.25) is 0 Å². The molecule has 0 aromatic rings. The second-order valence-corrected chi connectivity index (χ2v) is 3.31. The molecule has 0 N–H and O–H groups in total. The van der Waals surface area contributed by atoms with E-state index in [1.807, 2.05) is 0 Å². The summed E-state index contributed by atoms with van der Waals surface area (Å²) in [4.78, 5) is 0. The number of allylic oxidation sites excluding steroid dienone is 1. The van der Waals surface area contributed by atoms with Crippen LogP contribution >= 0.6 is 0 Å². The second-order valence-electron chi connectivity index (χ2n) is 3.31. The molecule has 0 bridgehead atoms. The average molecular weight is 124 g/mol. The Labute approximate surface area is 58.0 Å². The topological polar surface area (TPSA) is 0 Å². The predicted octanol–water partition coefficient (Wildman–Crippen LogP) is 2.85. The molecule has 0 heterocycles. The third kappa shape index (κ3) is 1.17. The van der Waals surface area contributed by atoms with E-state index in [-0.39, 0.29) is 0 Å². The van der Waals surface area contributed by atoms with Crippen LogP contribution in [0.1, 0.15) is 26.7 Å². The van der Waals surface area contributed by atoms with Gasteiger partial charge >= 0.3 is 0 Å². The molecule has 3 atom stereocenters. The molecule has 0 nitrogen and oxygen atoms in total. The van der Waals surface area contributed by atoms with Gasteiger partial charge < -0.3 is 0 Å². The summed E-state index contributed by atoms with van der Waals surface area (Å²) < 4.78 is 0. The van der Waals surface area contributed by atoms with Crippen LogP contribution in [0.3, 0.4) is 0 Å². The van der Waals surface area contributed by atoms with Gasteiger partial charge in [-0.05, 0) is 30.6 Å². The van der Waals surface area contributed by atoms with Crippen LogP contribution in [0.15, 0.2) is 12.7 Å². The van der Waals surface area contributed by atoms with E-state index in [2.05, 4.69) is 26.5 Å². The van der Waals surface area contributed by atoms with Gasteiger partial charge in [0, 0.05) is 0 Å². The van der Waals surface area contributed by atoms with Gasteiger partial charge in [0.05, 0.1) is 0 Å². The molecular weight excluding hydrogens is 108 g/mol. The Morgan fingerprint density at radius 1 is 1.33 bits per heavy atom. The van der Waals surface area contributed by atoms with Crippen molar-refractivity contribution in [2.24, 2.45) is 17.8 Å². The van der Waals surface area contributed by atoms with E-state index in [4.69, 9.17) is 0 Å². The highest BCUT2D eigenvalue weighted by Gasteiger charge is 2.26. The second kappa shape index (κ2) is 2.55. The highest BCUT2D eigenvalue weighted by atomic mass is 14.3. The third-order valence-electron chi connectivity index (χ3n) is 2.83. The maximum atomic E-state index is 3.83. The van der Waals surface area contributed by atoms with Crippen LogP contribution in [0.25, 0.3) is 0 Å². The SMILES string of the molecule is C=C[C@@H]1CCC(C)[C@H]1C. The van der Waals surface area contributed by atoms with Gasteiger partial charge in [-0.15, -0.1) is 6.58 Å². The molecule has 0 radical (unpaired) electrons. The maximum Gasteiger partial charge on any atom is -0.0208 e. The monoisotopic (exact) mass is 124 g/mol. The Balaban J connectivity index is 2.50. The minimum atomic E-state index is 0.806. The summed E-state index contributed by atoms with van der Waals surface area (Å²) in [6.45, 7) is 8.51. The van der Waals surface area contributed by atoms with Crippen molar-refractivity contribution < 1.29 is 0 Å². The molecule has 1 fully saturated rings. The summed E-state index contributed by atoms with van der Waals surface area (Å²) in [5, 5.41) is 0.